The van der Waals surface area contributed by atoms with Crippen LogP contribution in [0.4, 0.5) is 0 Å². The Morgan fingerprint density at radius 1 is 1.20 bits per heavy atom. The van der Waals surface area contributed by atoms with Crippen LogP contribution in [0.2, 0.25) is 4.48 Å². The van der Waals surface area contributed by atoms with Gasteiger partial charge in [0.15, 0.2) is 0 Å². The molecular formula is CH3I3Pb. The maximum absolute atomic E-state index is 2.57. The van der Waals surface area contributed by atoms with Crippen molar-refractivity contribution in [1.82, 2.24) is 0 Å². The standard InChI is InChI=1S/CH3.3HI.Pb/h1H3;3*1H;/q;;;;+3/p-3. The Morgan fingerprint density at radius 2 is 1.20 bits per heavy atom. The molecule has 0 fully saturated rings. The van der Waals surface area contributed by atoms with Crippen LogP contribution in [0.15, 0.2) is 0 Å². The average molecular weight is 603 g/mol. The topological polar surface area (TPSA) is 0 Å². The Hall–Kier alpha value is 3.11. The molecule has 0 nitrogen and oxygen atoms in total. The molecule has 0 unspecified atom stereocenters. The van der Waals surface area contributed by atoms with Crippen molar-refractivity contribution in [2.24, 2.45) is 0 Å². The molecule has 4 heteroatoms. The fraction of sp³-hybridized carbons (Fsp3) is 1.00. The van der Waals surface area contributed by atoms with Gasteiger partial charge in [-0.25, -0.2) is 0 Å². The first-order valence-corrected chi connectivity index (χ1v) is 37.8. The summed E-state index contributed by atoms with van der Waals surface area (Å²) in [6.07, 6.45) is 0. The number of hydrogen-bond donors (Lipinski definition) is 0. The minimum absolute atomic E-state index is 1.37. The Balaban J connectivity index is 3.02. The summed E-state index contributed by atoms with van der Waals surface area (Å²) in [6, 6.07) is 0. The summed E-state index contributed by atoms with van der Waals surface area (Å²) in [5.41, 5.74) is 0. The van der Waals surface area contributed by atoms with Gasteiger partial charge in [0.1, 0.15) is 0 Å². The van der Waals surface area contributed by atoms with Gasteiger partial charge in [-0.05, 0) is 0 Å². The predicted molar refractivity (Wildman–Crippen MR) is 53.7 cm³/mol. The van der Waals surface area contributed by atoms with Crippen LogP contribution in [-0.4, -0.2) is 8.29 Å². The van der Waals surface area contributed by atoms with Gasteiger partial charge in [0.2, 0.25) is 0 Å². The first-order chi connectivity index (χ1) is 2.00. The molecule has 32 valence electrons. The van der Waals surface area contributed by atoms with Gasteiger partial charge in [-0.1, -0.05) is 0 Å². The summed E-state index contributed by atoms with van der Waals surface area (Å²) in [6.45, 7) is 0. The van der Waals surface area contributed by atoms with Crippen LogP contribution in [0.3, 0.4) is 0 Å². The minimum atomic E-state index is -1.37. The van der Waals surface area contributed by atoms with E-state index in [2.05, 4.69) is 57.8 Å². The molecule has 5 heavy (non-hydrogen) atoms. The van der Waals surface area contributed by atoms with Crippen molar-refractivity contribution in [3.05, 3.63) is 0 Å². The van der Waals surface area contributed by atoms with E-state index in [9.17, 15) is 0 Å². The quantitative estimate of drug-likeness (QED) is 0.296. The van der Waals surface area contributed by atoms with Crippen LogP contribution in [0, 0.1) is 0 Å². The molecule has 0 aliphatic rings. The molecule has 0 aliphatic heterocycles. The molecule has 0 heterocycles. The van der Waals surface area contributed by atoms with Crippen LogP contribution in [0.1, 0.15) is 0 Å². The summed E-state index contributed by atoms with van der Waals surface area (Å²) in [7, 11) is -1.37. The molecule has 0 rings (SSSR count). The first kappa shape index (κ1) is 8.11. The molecule has 0 aromatic heterocycles. The van der Waals surface area contributed by atoms with Crippen molar-refractivity contribution in [2.45, 2.75) is 4.48 Å². The fourth-order valence-electron chi connectivity index (χ4n) is 0. The van der Waals surface area contributed by atoms with Crippen LogP contribution in [0.25, 0.3) is 0 Å². The molecule has 0 aromatic rings. The summed E-state index contributed by atoms with van der Waals surface area (Å²) in [5, 5.41) is 0. The molecule has 0 aromatic carbocycles. The third kappa shape index (κ3) is 19.2. The monoisotopic (exact) mass is 604 g/mol. The van der Waals surface area contributed by atoms with Crippen molar-refractivity contribution >= 4 is 61.6 Å². The Kier molecular flexibility index (Phi) is 5.19. The van der Waals surface area contributed by atoms with Crippen LogP contribution >= 0.6 is 53.3 Å². The molecule has 0 saturated carbocycles. The molecule has 0 atom stereocenters. The zero-order valence-electron chi connectivity index (χ0n) is 2.63. The molecule has 0 bridgehead atoms. The number of halogens is 3. The second-order valence-corrected chi connectivity index (χ2v) is 118. The normalized spacial score (nSPS) is 12.0. The van der Waals surface area contributed by atoms with Gasteiger partial charge in [0.05, 0.1) is 0 Å². The van der Waals surface area contributed by atoms with Gasteiger partial charge in [-0.15, -0.1) is 0 Å². The summed E-state index contributed by atoms with van der Waals surface area (Å²) >= 11 is 7.72. The first-order valence-electron chi connectivity index (χ1n) is 1.07. The zero-order chi connectivity index (χ0) is 4.50. The van der Waals surface area contributed by atoms with Gasteiger partial charge in [0, 0.05) is 0 Å². The van der Waals surface area contributed by atoms with Crippen LogP contribution < -0.4 is 0 Å². The predicted octanol–water partition coefficient (Wildman–Crippen LogP) is 2.86. The van der Waals surface area contributed by atoms with Crippen molar-refractivity contribution in [3.8, 4) is 0 Å². The molecule has 0 aliphatic carbocycles. The average Bonchev–Trinajstić information content (AvgIpc) is 0.722. The number of rotatable bonds is 0. The van der Waals surface area contributed by atoms with Gasteiger partial charge in [-0.2, -0.15) is 0 Å². The number of hydrogen-bond acceptors (Lipinski definition) is 0. The SMILES string of the molecule is [CH3][Pb]([I])([I])[I]. The van der Waals surface area contributed by atoms with Crippen molar-refractivity contribution in [2.75, 3.05) is 0 Å². The van der Waals surface area contributed by atoms with E-state index in [4.69, 9.17) is 0 Å². The van der Waals surface area contributed by atoms with E-state index in [1.807, 2.05) is 0 Å². The van der Waals surface area contributed by atoms with Gasteiger partial charge in [0.25, 0.3) is 0 Å². The molecule has 0 N–H and O–H groups in total. The van der Waals surface area contributed by atoms with E-state index >= 15 is 0 Å². The zero-order valence-corrected chi connectivity index (χ0v) is 13.0. The third-order valence-electron chi connectivity index (χ3n) is 0. The third-order valence-corrected chi connectivity index (χ3v) is 0. The molecule has 0 amide bonds. The Morgan fingerprint density at radius 3 is 1.20 bits per heavy atom. The van der Waals surface area contributed by atoms with Gasteiger partial charge < -0.3 is 0 Å². The second-order valence-electron chi connectivity index (χ2n) is 0.781. The Labute approximate surface area is 63.9 Å². The van der Waals surface area contributed by atoms with Crippen molar-refractivity contribution < 1.29 is 0 Å². The van der Waals surface area contributed by atoms with E-state index in [1.54, 1.807) is 0 Å². The van der Waals surface area contributed by atoms with E-state index in [0.29, 0.717) is 0 Å². The van der Waals surface area contributed by atoms with Crippen LogP contribution in [-0.2, 0) is 0 Å². The molecule has 0 spiro atoms. The molecular weight excluding hydrogens is 600 g/mol. The van der Waals surface area contributed by atoms with Crippen LogP contribution in [0.5, 0.6) is 0 Å². The van der Waals surface area contributed by atoms with E-state index in [-0.39, 0.29) is 0 Å². The molecule has 0 saturated heterocycles. The van der Waals surface area contributed by atoms with Gasteiger partial charge in [-0.3, -0.25) is 0 Å². The summed E-state index contributed by atoms with van der Waals surface area (Å²) < 4.78 is 2.37. The second kappa shape index (κ2) is 3.20. The van der Waals surface area contributed by atoms with E-state index in [1.165, 1.54) is 0 Å². The summed E-state index contributed by atoms with van der Waals surface area (Å²) in [4.78, 5) is 0. The fourth-order valence-corrected chi connectivity index (χ4v) is 0. The van der Waals surface area contributed by atoms with E-state index < -0.39 is 8.29 Å². The van der Waals surface area contributed by atoms with Gasteiger partial charge >= 0.3 is 66.1 Å². The maximum atomic E-state index is 2.57. The summed E-state index contributed by atoms with van der Waals surface area (Å²) in [5.74, 6) is 0. The van der Waals surface area contributed by atoms with Crippen molar-refractivity contribution in [3.63, 3.8) is 0 Å². The van der Waals surface area contributed by atoms with Crippen molar-refractivity contribution in [1.29, 1.82) is 0 Å². The van der Waals surface area contributed by atoms with E-state index in [0.717, 1.165) is 0 Å². The molecule has 0 radical (unpaired) electrons. The Bertz CT molecular complexity index is 22.4.